The van der Waals surface area contributed by atoms with Gasteiger partial charge in [-0.3, -0.25) is 5.10 Å². The Hall–Kier alpha value is -3.25. The van der Waals surface area contributed by atoms with Gasteiger partial charge in [0.1, 0.15) is 11.6 Å². The van der Waals surface area contributed by atoms with E-state index in [1.54, 1.807) is 30.1 Å². The SMILES string of the molecule is COCc1cc2c(Nc3cc([C@@H]4OC[C@H](OC(=O)NC5(C)CC5)[C@H]4F)[nH]n3)nccn2n1. The van der Waals surface area contributed by atoms with E-state index < -0.39 is 24.5 Å². The lowest BCUT2D eigenvalue weighted by atomic mass is 10.1. The number of hydrogen-bond acceptors (Lipinski definition) is 8. The molecule has 0 unspecified atom stereocenters. The standard InChI is InChI=1S/C20H24FN7O4/c1-20(3-4-20)24-19(29)32-14-10-31-17(16(14)21)12-8-15(26-25-12)23-18-13-7-11(9-30-2)27-28(13)6-5-22-18/h5-8,14,16-17H,3-4,9-10H2,1-2H3,(H,24,29)(H2,22,23,25,26)/t14-,16+,17-/m0/s1. The molecule has 0 radical (unpaired) electrons. The van der Waals surface area contributed by atoms with E-state index in [0.717, 1.165) is 24.1 Å². The molecule has 5 rings (SSSR count). The molecule has 3 aromatic rings. The van der Waals surface area contributed by atoms with Crippen LogP contribution in [-0.4, -0.2) is 62.4 Å². The molecule has 1 amide bonds. The van der Waals surface area contributed by atoms with Crippen LogP contribution >= 0.6 is 0 Å². The number of carbonyl (C=O) groups is 1. The number of aromatic nitrogens is 5. The molecule has 2 aliphatic rings. The smallest absolute Gasteiger partial charge is 0.408 e. The number of amides is 1. The average Bonchev–Trinajstić information content (AvgIpc) is 3.12. The molecule has 3 N–H and O–H groups in total. The third kappa shape index (κ3) is 4.10. The van der Waals surface area contributed by atoms with Gasteiger partial charge in [-0.2, -0.15) is 10.2 Å². The summed E-state index contributed by atoms with van der Waals surface area (Å²) >= 11 is 0. The second-order valence-corrected chi connectivity index (χ2v) is 8.34. The predicted octanol–water partition coefficient (Wildman–Crippen LogP) is 2.40. The van der Waals surface area contributed by atoms with E-state index in [0.29, 0.717) is 23.9 Å². The van der Waals surface area contributed by atoms with Crippen molar-refractivity contribution in [3.8, 4) is 0 Å². The normalized spacial score (nSPS) is 23.9. The van der Waals surface area contributed by atoms with E-state index in [1.807, 2.05) is 13.0 Å². The Morgan fingerprint density at radius 1 is 1.44 bits per heavy atom. The van der Waals surface area contributed by atoms with Crippen LogP contribution in [0.5, 0.6) is 0 Å². The van der Waals surface area contributed by atoms with Crippen LogP contribution in [0.25, 0.3) is 5.52 Å². The Balaban J connectivity index is 1.25. The van der Waals surface area contributed by atoms with Crippen molar-refractivity contribution in [2.24, 2.45) is 0 Å². The van der Waals surface area contributed by atoms with Crippen LogP contribution in [0.2, 0.25) is 0 Å². The molecule has 1 aliphatic heterocycles. The maximum atomic E-state index is 14.9. The van der Waals surface area contributed by atoms with Crippen LogP contribution in [0.1, 0.15) is 37.3 Å². The molecule has 1 aliphatic carbocycles. The summed E-state index contributed by atoms with van der Waals surface area (Å²) in [4.78, 5) is 16.3. The summed E-state index contributed by atoms with van der Waals surface area (Å²) in [6.07, 6.45) is 1.09. The number of nitrogens with one attached hydrogen (secondary N) is 3. The number of fused-ring (bicyclic) bond motifs is 1. The Morgan fingerprint density at radius 3 is 3.06 bits per heavy atom. The van der Waals surface area contributed by atoms with Crippen molar-refractivity contribution in [2.75, 3.05) is 19.0 Å². The van der Waals surface area contributed by atoms with Crippen molar-refractivity contribution >= 4 is 23.2 Å². The van der Waals surface area contributed by atoms with Crippen molar-refractivity contribution in [3.05, 3.63) is 35.9 Å². The van der Waals surface area contributed by atoms with Crippen molar-refractivity contribution < 1.29 is 23.4 Å². The highest BCUT2D eigenvalue weighted by atomic mass is 19.1. The van der Waals surface area contributed by atoms with Crippen LogP contribution in [0.3, 0.4) is 0 Å². The number of ether oxygens (including phenoxy) is 3. The lowest BCUT2D eigenvalue weighted by Crippen LogP contribution is -2.39. The molecular weight excluding hydrogens is 421 g/mol. The monoisotopic (exact) mass is 445 g/mol. The summed E-state index contributed by atoms with van der Waals surface area (Å²) in [5.74, 6) is 0.977. The van der Waals surface area contributed by atoms with Crippen LogP contribution in [-0.2, 0) is 20.8 Å². The number of H-pyrrole nitrogens is 1. The van der Waals surface area contributed by atoms with E-state index in [-0.39, 0.29) is 12.1 Å². The maximum Gasteiger partial charge on any atom is 0.408 e. The van der Waals surface area contributed by atoms with Crippen molar-refractivity contribution in [1.29, 1.82) is 0 Å². The Kier molecular flexibility index (Phi) is 5.18. The highest BCUT2D eigenvalue weighted by Crippen LogP contribution is 2.36. The fourth-order valence-electron chi connectivity index (χ4n) is 3.62. The van der Waals surface area contributed by atoms with E-state index in [9.17, 15) is 9.18 Å². The van der Waals surface area contributed by atoms with Gasteiger partial charge in [-0.05, 0) is 25.8 Å². The summed E-state index contributed by atoms with van der Waals surface area (Å²) in [5, 5.41) is 17.2. The number of aromatic amines is 1. The Bertz CT molecular complexity index is 1130. The molecule has 1 saturated heterocycles. The first-order valence-electron chi connectivity index (χ1n) is 10.3. The molecule has 3 aromatic heterocycles. The molecule has 4 heterocycles. The minimum Gasteiger partial charge on any atom is -0.441 e. The first-order valence-corrected chi connectivity index (χ1v) is 10.3. The summed E-state index contributed by atoms with van der Waals surface area (Å²) in [6.45, 7) is 2.27. The van der Waals surface area contributed by atoms with Gasteiger partial charge in [0.05, 0.1) is 24.6 Å². The minimum absolute atomic E-state index is 0.0310. The van der Waals surface area contributed by atoms with Gasteiger partial charge in [0.25, 0.3) is 0 Å². The predicted molar refractivity (Wildman–Crippen MR) is 110 cm³/mol. The van der Waals surface area contributed by atoms with Crippen molar-refractivity contribution in [3.63, 3.8) is 0 Å². The largest absolute Gasteiger partial charge is 0.441 e. The van der Waals surface area contributed by atoms with Crippen LogP contribution in [0.4, 0.5) is 20.8 Å². The number of carbonyl (C=O) groups excluding carboxylic acids is 1. The third-order valence-corrected chi connectivity index (χ3v) is 5.63. The summed E-state index contributed by atoms with van der Waals surface area (Å²) in [6, 6.07) is 3.50. The molecular formula is C20H24FN7O4. The number of rotatable bonds is 7. The van der Waals surface area contributed by atoms with Gasteiger partial charge >= 0.3 is 6.09 Å². The summed E-state index contributed by atoms with van der Waals surface area (Å²) in [7, 11) is 1.60. The molecule has 0 aromatic carbocycles. The Labute approximate surface area is 182 Å². The highest BCUT2D eigenvalue weighted by Gasteiger charge is 2.44. The van der Waals surface area contributed by atoms with Gasteiger partial charge in [-0.15, -0.1) is 0 Å². The molecule has 12 heteroatoms. The zero-order valence-corrected chi connectivity index (χ0v) is 17.7. The fraction of sp³-hybridized carbons (Fsp3) is 0.500. The Morgan fingerprint density at radius 2 is 2.28 bits per heavy atom. The number of hydrogen-bond donors (Lipinski definition) is 3. The van der Waals surface area contributed by atoms with Gasteiger partial charge < -0.3 is 24.8 Å². The second kappa shape index (κ2) is 8.02. The third-order valence-electron chi connectivity index (χ3n) is 5.63. The van der Waals surface area contributed by atoms with Gasteiger partial charge in [-0.1, -0.05) is 0 Å². The van der Waals surface area contributed by atoms with E-state index >= 15 is 0 Å². The molecule has 32 heavy (non-hydrogen) atoms. The molecule has 0 spiro atoms. The van der Waals surface area contributed by atoms with E-state index in [1.165, 1.54) is 0 Å². The summed E-state index contributed by atoms with van der Waals surface area (Å²) < 4.78 is 32.5. The highest BCUT2D eigenvalue weighted by molar-refractivity contribution is 5.72. The molecule has 1 saturated carbocycles. The van der Waals surface area contributed by atoms with Gasteiger partial charge in [0.2, 0.25) is 0 Å². The molecule has 11 nitrogen and oxygen atoms in total. The average molecular weight is 445 g/mol. The topological polar surface area (TPSA) is 128 Å². The second-order valence-electron chi connectivity index (χ2n) is 8.34. The number of alkyl carbamates (subject to hydrolysis) is 1. The van der Waals surface area contributed by atoms with Crippen molar-refractivity contribution in [1.82, 2.24) is 30.1 Å². The first kappa shape index (κ1) is 20.6. The number of halogens is 1. The van der Waals surface area contributed by atoms with Crippen LogP contribution in [0, 0.1) is 0 Å². The molecule has 0 bridgehead atoms. The molecule has 3 atom stereocenters. The number of nitrogens with zero attached hydrogens (tertiary/aromatic N) is 4. The molecule has 2 fully saturated rings. The maximum absolute atomic E-state index is 14.9. The van der Waals surface area contributed by atoms with Crippen LogP contribution in [0.15, 0.2) is 24.5 Å². The van der Waals surface area contributed by atoms with Crippen molar-refractivity contribution in [2.45, 2.75) is 50.3 Å². The van der Waals surface area contributed by atoms with E-state index in [2.05, 4.69) is 30.9 Å². The number of methoxy groups -OCH3 is 1. The van der Waals surface area contributed by atoms with Crippen LogP contribution < -0.4 is 10.6 Å². The van der Waals surface area contributed by atoms with Gasteiger partial charge in [-0.25, -0.2) is 18.7 Å². The zero-order valence-electron chi connectivity index (χ0n) is 17.7. The van der Waals surface area contributed by atoms with Gasteiger partial charge in [0.15, 0.2) is 23.9 Å². The molecule has 170 valence electrons. The number of anilines is 2. The van der Waals surface area contributed by atoms with E-state index in [4.69, 9.17) is 14.2 Å². The summed E-state index contributed by atoms with van der Waals surface area (Å²) in [5.41, 5.74) is 1.70. The quantitative estimate of drug-likeness (QED) is 0.506. The fourth-order valence-corrected chi connectivity index (χ4v) is 3.62. The lowest BCUT2D eigenvalue weighted by Gasteiger charge is -2.17. The number of alkyl halides is 1. The van der Waals surface area contributed by atoms with Gasteiger partial charge in [0, 0.05) is 31.1 Å². The first-order chi connectivity index (χ1) is 15.4. The zero-order chi connectivity index (χ0) is 22.3. The lowest BCUT2D eigenvalue weighted by molar-refractivity contribution is 0.0604. The minimum atomic E-state index is -1.52.